The lowest BCUT2D eigenvalue weighted by molar-refractivity contribution is -0.384. The van der Waals surface area contributed by atoms with Gasteiger partial charge in [-0.05, 0) is 6.07 Å². The number of nitro benzene ring substituents is 1. The first kappa shape index (κ1) is 16.0. The number of carboxylic acid groups (broad SMARTS) is 1. The van der Waals surface area contributed by atoms with E-state index in [1.54, 1.807) is 0 Å². The molecule has 0 radical (unpaired) electrons. The van der Waals surface area contributed by atoms with Gasteiger partial charge in [-0.15, -0.1) is 0 Å². The van der Waals surface area contributed by atoms with E-state index in [1.165, 1.54) is 0 Å². The molecule has 1 aromatic rings. The van der Waals surface area contributed by atoms with E-state index in [0.29, 0.717) is 0 Å². The van der Waals surface area contributed by atoms with Gasteiger partial charge in [0.25, 0.3) is 5.69 Å². The fourth-order valence-electron chi connectivity index (χ4n) is 1.20. The van der Waals surface area contributed by atoms with Crippen molar-refractivity contribution in [1.82, 2.24) is 0 Å². The fraction of sp³-hybridized carbons (Fsp3) is 0.300. The summed E-state index contributed by atoms with van der Waals surface area (Å²) < 4.78 is 41.8. The number of nitro groups is 1. The minimum absolute atomic E-state index is 0.165. The van der Waals surface area contributed by atoms with E-state index in [4.69, 9.17) is 16.7 Å². The third kappa shape index (κ3) is 3.98. The molecule has 6 nitrogen and oxygen atoms in total. The van der Waals surface area contributed by atoms with Crippen LogP contribution in [0.25, 0.3) is 0 Å². The lowest BCUT2D eigenvalue weighted by atomic mass is 10.1. The molecule has 0 heterocycles. The first-order chi connectivity index (χ1) is 9.12. The molecule has 1 unspecified atom stereocenters. The third-order valence-corrected chi connectivity index (χ3v) is 2.54. The first-order valence-electron chi connectivity index (χ1n) is 4.99. The molecule has 0 fully saturated rings. The number of carbonyl (C=O) groups is 1. The maximum atomic E-state index is 12.4. The Hall–Kier alpha value is -2.03. The number of non-ortho nitro benzene ring substituents is 1. The summed E-state index contributed by atoms with van der Waals surface area (Å²) in [6.07, 6.45) is -5.00. The van der Waals surface area contributed by atoms with E-state index >= 15 is 0 Å². The van der Waals surface area contributed by atoms with Crippen molar-refractivity contribution < 1.29 is 32.7 Å². The highest BCUT2D eigenvalue weighted by Crippen LogP contribution is 2.31. The Morgan fingerprint density at radius 1 is 1.50 bits per heavy atom. The molecule has 20 heavy (non-hydrogen) atoms. The molecule has 1 rings (SSSR count). The minimum atomic E-state index is -5.00. The summed E-state index contributed by atoms with van der Waals surface area (Å²) in [6, 6.07) is 2.92. The topological polar surface area (TPSA) is 89.7 Å². The number of nitrogens with zero attached hydrogens (tertiary/aromatic N) is 1. The molecule has 0 saturated carbocycles. The Morgan fingerprint density at radius 3 is 2.55 bits per heavy atom. The minimum Gasteiger partial charge on any atom is -0.490 e. The van der Waals surface area contributed by atoms with Gasteiger partial charge in [0.2, 0.25) is 0 Å². The molecule has 0 aliphatic rings. The maximum absolute atomic E-state index is 12.4. The molecule has 0 aliphatic carbocycles. The highest BCUT2D eigenvalue weighted by atomic mass is 35.5. The summed E-state index contributed by atoms with van der Waals surface area (Å²) in [4.78, 5) is 20.2. The zero-order valence-electron chi connectivity index (χ0n) is 9.56. The van der Waals surface area contributed by atoms with Crippen LogP contribution in [0.15, 0.2) is 18.2 Å². The van der Waals surface area contributed by atoms with Crippen molar-refractivity contribution in [2.45, 2.75) is 6.18 Å². The average Bonchev–Trinajstić information content (AvgIpc) is 2.28. The number of alkyl halides is 3. The van der Waals surface area contributed by atoms with E-state index in [0.717, 1.165) is 18.2 Å². The van der Waals surface area contributed by atoms with Crippen molar-refractivity contribution in [2.24, 2.45) is 5.92 Å². The van der Waals surface area contributed by atoms with E-state index in [1.807, 2.05) is 0 Å². The average molecular weight is 314 g/mol. The Kier molecular flexibility index (Phi) is 4.77. The van der Waals surface area contributed by atoms with Crippen molar-refractivity contribution >= 4 is 23.3 Å². The molecule has 0 bridgehead atoms. The second-order valence-corrected chi connectivity index (χ2v) is 4.02. The zero-order chi connectivity index (χ0) is 15.5. The van der Waals surface area contributed by atoms with E-state index < -0.39 is 41.0 Å². The van der Waals surface area contributed by atoms with Crippen molar-refractivity contribution in [3.63, 3.8) is 0 Å². The smallest absolute Gasteiger partial charge is 0.405 e. The number of benzene rings is 1. The van der Waals surface area contributed by atoms with Crippen LogP contribution in [0.2, 0.25) is 5.02 Å². The summed E-state index contributed by atoms with van der Waals surface area (Å²) in [5.41, 5.74) is -0.441. The molecule has 10 heteroatoms. The Bertz CT molecular complexity index is 534. The molecule has 110 valence electrons. The Morgan fingerprint density at radius 2 is 2.10 bits per heavy atom. The molecule has 0 spiro atoms. The first-order valence-corrected chi connectivity index (χ1v) is 5.37. The van der Waals surface area contributed by atoms with Crippen LogP contribution in [0, 0.1) is 16.0 Å². The van der Waals surface area contributed by atoms with Gasteiger partial charge in [0, 0.05) is 6.07 Å². The molecular weight excluding hydrogens is 307 g/mol. The van der Waals surface area contributed by atoms with Gasteiger partial charge < -0.3 is 9.84 Å². The predicted octanol–water partition coefficient (Wildman–Crippen LogP) is 2.89. The number of ether oxygens (including phenoxy) is 1. The largest absolute Gasteiger partial charge is 0.490 e. The number of rotatable bonds is 5. The molecular formula is C10H7ClF3NO5. The summed E-state index contributed by atoms with van der Waals surface area (Å²) >= 11 is 5.60. The summed E-state index contributed by atoms with van der Waals surface area (Å²) in [6.45, 7) is -1.24. The number of halogens is 4. The van der Waals surface area contributed by atoms with Gasteiger partial charge in [-0.2, -0.15) is 13.2 Å². The Labute approximate surface area is 114 Å². The highest BCUT2D eigenvalue weighted by Gasteiger charge is 2.45. The van der Waals surface area contributed by atoms with Crippen molar-refractivity contribution in [2.75, 3.05) is 6.61 Å². The van der Waals surface area contributed by atoms with Crippen LogP contribution in [-0.2, 0) is 4.79 Å². The van der Waals surface area contributed by atoms with Crippen LogP contribution < -0.4 is 4.74 Å². The fourth-order valence-corrected chi connectivity index (χ4v) is 1.37. The molecule has 1 aromatic carbocycles. The molecule has 0 amide bonds. The molecule has 0 aliphatic heterocycles. The van der Waals surface area contributed by atoms with E-state index in [-0.39, 0.29) is 5.02 Å². The lowest BCUT2D eigenvalue weighted by Crippen LogP contribution is -2.35. The van der Waals surface area contributed by atoms with E-state index in [9.17, 15) is 28.1 Å². The predicted molar refractivity (Wildman–Crippen MR) is 60.8 cm³/mol. The van der Waals surface area contributed by atoms with Gasteiger partial charge in [0.05, 0.1) is 16.0 Å². The second kappa shape index (κ2) is 5.95. The molecule has 0 saturated heterocycles. The second-order valence-electron chi connectivity index (χ2n) is 3.62. The van der Waals surface area contributed by atoms with Gasteiger partial charge in [0.15, 0.2) is 5.92 Å². The number of carboxylic acids is 1. The zero-order valence-corrected chi connectivity index (χ0v) is 10.3. The van der Waals surface area contributed by atoms with Gasteiger partial charge in [-0.25, -0.2) is 0 Å². The SMILES string of the molecule is O=C(O)C(COc1cc([N+](=O)[O-])ccc1Cl)C(F)(F)F. The van der Waals surface area contributed by atoms with Crippen molar-refractivity contribution in [1.29, 1.82) is 0 Å². The Balaban J connectivity index is 2.91. The van der Waals surface area contributed by atoms with E-state index in [2.05, 4.69) is 4.74 Å². The van der Waals surface area contributed by atoms with Crippen LogP contribution in [0.4, 0.5) is 18.9 Å². The molecule has 1 N–H and O–H groups in total. The summed E-state index contributed by atoms with van der Waals surface area (Å²) in [5, 5.41) is 18.8. The quantitative estimate of drug-likeness (QED) is 0.667. The number of hydrogen-bond acceptors (Lipinski definition) is 4. The van der Waals surface area contributed by atoms with Crippen LogP contribution in [0.1, 0.15) is 0 Å². The van der Waals surface area contributed by atoms with Gasteiger partial charge in [0.1, 0.15) is 12.4 Å². The maximum Gasteiger partial charge on any atom is 0.405 e. The number of hydrogen-bond donors (Lipinski definition) is 1. The standard InChI is InChI=1S/C10H7ClF3NO5/c11-7-2-1-5(15(18)19)3-8(7)20-4-6(9(16)17)10(12,13)14/h1-3,6H,4H2,(H,16,17). The molecule has 1 atom stereocenters. The van der Waals surface area contributed by atoms with Crippen LogP contribution >= 0.6 is 11.6 Å². The van der Waals surface area contributed by atoms with Gasteiger partial charge in [-0.3, -0.25) is 14.9 Å². The normalized spacial score (nSPS) is 12.8. The highest BCUT2D eigenvalue weighted by molar-refractivity contribution is 6.32. The summed E-state index contributed by atoms with van der Waals surface area (Å²) in [7, 11) is 0. The lowest BCUT2D eigenvalue weighted by Gasteiger charge is -2.17. The number of aliphatic carboxylic acids is 1. The van der Waals surface area contributed by atoms with Crippen LogP contribution in [-0.4, -0.2) is 28.8 Å². The van der Waals surface area contributed by atoms with Crippen molar-refractivity contribution in [3.05, 3.63) is 33.3 Å². The van der Waals surface area contributed by atoms with Crippen molar-refractivity contribution in [3.8, 4) is 5.75 Å². The molecule has 0 aromatic heterocycles. The third-order valence-electron chi connectivity index (χ3n) is 2.22. The van der Waals surface area contributed by atoms with Crippen LogP contribution in [0.5, 0.6) is 5.75 Å². The van der Waals surface area contributed by atoms with Gasteiger partial charge >= 0.3 is 12.1 Å². The van der Waals surface area contributed by atoms with Crippen LogP contribution in [0.3, 0.4) is 0 Å². The van der Waals surface area contributed by atoms with Gasteiger partial charge in [-0.1, -0.05) is 11.6 Å². The summed E-state index contributed by atoms with van der Waals surface area (Å²) in [5.74, 6) is -5.26. The monoisotopic (exact) mass is 313 g/mol.